The lowest BCUT2D eigenvalue weighted by atomic mass is 10.1. The average molecular weight is 439 g/mol. The SMILES string of the molecule is Cc1cc(C)n2c(SCC(=O)N3N=C(c4cccs4)CC3c3ccco3)nnc2n1. The van der Waals surface area contributed by atoms with Gasteiger partial charge in [0, 0.05) is 17.8 Å². The molecule has 30 heavy (non-hydrogen) atoms. The van der Waals surface area contributed by atoms with E-state index in [4.69, 9.17) is 4.42 Å². The maximum Gasteiger partial charge on any atom is 0.256 e. The maximum absolute atomic E-state index is 13.1. The maximum atomic E-state index is 13.1. The van der Waals surface area contributed by atoms with Gasteiger partial charge in [-0.2, -0.15) is 5.10 Å². The lowest BCUT2D eigenvalue weighted by Gasteiger charge is -2.19. The van der Waals surface area contributed by atoms with Gasteiger partial charge in [0.1, 0.15) is 11.8 Å². The number of fused-ring (bicyclic) bond motifs is 1. The highest BCUT2D eigenvalue weighted by Gasteiger charge is 2.35. The van der Waals surface area contributed by atoms with Crippen LogP contribution in [0.1, 0.15) is 34.5 Å². The molecule has 1 amide bonds. The van der Waals surface area contributed by atoms with Crippen molar-refractivity contribution in [1.29, 1.82) is 0 Å². The number of carbonyl (C=O) groups excluding carboxylic acids is 1. The van der Waals surface area contributed by atoms with Crippen molar-refractivity contribution in [3.8, 4) is 0 Å². The summed E-state index contributed by atoms with van der Waals surface area (Å²) in [5.41, 5.74) is 2.76. The van der Waals surface area contributed by atoms with Gasteiger partial charge in [0.25, 0.3) is 11.7 Å². The number of thiophene rings is 1. The number of amides is 1. The van der Waals surface area contributed by atoms with Crippen LogP contribution in [0.15, 0.2) is 56.7 Å². The topological polar surface area (TPSA) is 88.9 Å². The minimum atomic E-state index is -0.244. The number of furan rings is 1. The summed E-state index contributed by atoms with van der Waals surface area (Å²) in [4.78, 5) is 18.6. The Labute approximate surface area is 180 Å². The zero-order chi connectivity index (χ0) is 20.7. The van der Waals surface area contributed by atoms with Crippen LogP contribution < -0.4 is 0 Å². The van der Waals surface area contributed by atoms with Gasteiger partial charge < -0.3 is 4.42 Å². The monoisotopic (exact) mass is 438 g/mol. The van der Waals surface area contributed by atoms with Gasteiger partial charge in [-0.3, -0.25) is 9.20 Å². The third-order valence-electron chi connectivity index (χ3n) is 4.83. The fraction of sp³-hybridized carbons (Fsp3) is 0.250. The first kappa shape index (κ1) is 19.0. The van der Waals surface area contributed by atoms with Crippen molar-refractivity contribution >= 4 is 40.5 Å². The summed E-state index contributed by atoms with van der Waals surface area (Å²) in [6.45, 7) is 3.89. The van der Waals surface area contributed by atoms with E-state index in [9.17, 15) is 4.79 Å². The standard InChI is InChI=1S/C20H18N6O2S2/c1-12-9-13(2)25-19(21-12)22-23-20(25)30-11-18(27)26-15(16-5-3-7-28-16)10-14(24-26)17-6-4-8-29-17/h3-9,15H,10-11H2,1-2H3. The van der Waals surface area contributed by atoms with E-state index in [2.05, 4.69) is 20.3 Å². The Bertz CT molecular complexity index is 1230. The molecule has 8 nitrogen and oxygen atoms in total. The number of hydrazone groups is 1. The summed E-state index contributed by atoms with van der Waals surface area (Å²) < 4.78 is 7.45. The van der Waals surface area contributed by atoms with E-state index in [1.165, 1.54) is 11.8 Å². The summed E-state index contributed by atoms with van der Waals surface area (Å²) in [5, 5.41) is 17.2. The molecule has 1 unspecified atom stereocenters. The second kappa shape index (κ2) is 7.69. The Kier molecular flexibility index (Phi) is 4.87. The second-order valence-electron chi connectivity index (χ2n) is 6.94. The van der Waals surface area contributed by atoms with Gasteiger partial charge in [-0.05, 0) is 43.5 Å². The molecule has 4 aromatic heterocycles. The van der Waals surface area contributed by atoms with Gasteiger partial charge in [0.05, 0.1) is 22.6 Å². The van der Waals surface area contributed by atoms with E-state index in [1.807, 2.05) is 54.0 Å². The number of aryl methyl sites for hydroxylation is 2. The molecule has 4 aromatic rings. The van der Waals surface area contributed by atoms with Crippen molar-refractivity contribution in [3.63, 3.8) is 0 Å². The van der Waals surface area contributed by atoms with Crippen LogP contribution in [-0.2, 0) is 4.79 Å². The largest absolute Gasteiger partial charge is 0.467 e. The van der Waals surface area contributed by atoms with Crippen LogP contribution in [0.5, 0.6) is 0 Å². The molecule has 5 rings (SSSR count). The molecule has 0 radical (unpaired) electrons. The Morgan fingerprint density at radius 3 is 2.97 bits per heavy atom. The summed E-state index contributed by atoms with van der Waals surface area (Å²) in [6, 6.07) is 9.44. The minimum Gasteiger partial charge on any atom is -0.467 e. The molecule has 1 aliphatic heterocycles. The van der Waals surface area contributed by atoms with E-state index in [1.54, 1.807) is 22.6 Å². The molecule has 0 spiro atoms. The molecule has 0 N–H and O–H groups in total. The molecule has 1 aliphatic rings. The Balaban J connectivity index is 1.39. The first-order chi connectivity index (χ1) is 14.6. The van der Waals surface area contributed by atoms with Crippen LogP contribution in [0.3, 0.4) is 0 Å². The van der Waals surface area contributed by atoms with Gasteiger partial charge in [-0.15, -0.1) is 21.5 Å². The second-order valence-corrected chi connectivity index (χ2v) is 8.83. The highest BCUT2D eigenvalue weighted by Crippen LogP contribution is 2.34. The fourth-order valence-electron chi connectivity index (χ4n) is 3.52. The number of nitrogens with zero attached hydrogens (tertiary/aromatic N) is 6. The molecule has 10 heteroatoms. The molecule has 0 bridgehead atoms. The van der Waals surface area contributed by atoms with Crippen LogP contribution in [0.4, 0.5) is 0 Å². The lowest BCUT2D eigenvalue weighted by Crippen LogP contribution is -2.28. The van der Waals surface area contributed by atoms with Gasteiger partial charge in [0.2, 0.25) is 0 Å². The molecule has 0 saturated carbocycles. The molecular weight excluding hydrogens is 420 g/mol. The Morgan fingerprint density at radius 2 is 2.20 bits per heavy atom. The third kappa shape index (κ3) is 3.41. The summed E-state index contributed by atoms with van der Waals surface area (Å²) >= 11 is 2.95. The van der Waals surface area contributed by atoms with Gasteiger partial charge in [-0.1, -0.05) is 17.8 Å². The summed E-state index contributed by atoms with van der Waals surface area (Å²) in [5.74, 6) is 1.34. The van der Waals surface area contributed by atoms with Gasteiger partial charge in [0.15, 0.2) is 5.16 Å². The van der Waals surface area contributed by atoms with E-state index < -0.39 is 0 Å². The van der Waals surface area contributed by atoms with Crippen LogP contribution in [0.25, 0.3) is 5.78 Å². The smallest absolute Gasteiger partial charge is 0.256 e. The van der Waals surface area contributed by atoms with Crippen molar-refractivity contribution in [2.75, 3.05) is 5.75 Å². The lowest BCUT2D eigenvalue weighted by molar-refractivity contribution is -0.130. The van der Waals surface area contributed by atoms with Crippen LogP contribution in [-0.4, -0.2) is 42.0 Å². The Hall–Kier alpha value is -2.98. The number of rotatable bonds is 5. The molecule has 0 fully saturated rings. The third-order valence-corrected chi connectivity index (χ3v) is 6.66. The summed E-state index contributed by atoms with van der Waals surface area (Å²) in [6.07, 6.45) is 2.25. The van der Waals surface area contributed by atoms with Crippen LogP contribution >= 0.6 is 23.1 Å². The number of aromatic nitrogens is 4. The van der Waals surface area contributed by atoms with Crippen LogP contribution in [0, 0.1) is 13.8 Å². The van der Waals surface area contributed by atoms with Gasteiger partial charge in [-0.25, -0.2) is 9.99 Å². The number of hydrogen-bond donors (Lipinski definition) is 0. The van der Waals surface area contributed by atoms with Crippen molar-refractivity contribution in [3.05, 3.63) is 64.0 Å². The predicted molar refractivity (Wildman–Crippen MR) is 115 cm³/mol. The van der Waals surface area contributed by atoms with E-state index in [0.29, 0.717) is 17.4 Å². The number of carbonyl (C=O) groups is 1. The highest BCUT2D eigenvalue weighted by atomic mass is 32.2. The molecular formula is C20H18N6O2S2. The highest BCUT2D eigenvalue weighted by molar-refractivity contribution is 7.99. The van der Waals surface area contributed by atoms with Gasteiger partial charge >= 0.3 is 0 Å². The van der Waals surface area contributed by atoms with Crippen molar-refractivity contribution in [2.45, 2.75) is 31.5 Å². The number of thioether (sulfide) groups is 1. The van der Waals surface area contributed by atoms with E-state index in [-0.39, 0.29) is 17.7 Å². The quantitative estimate of drug-likeness (QED) is 0.440. The molecule has 1 atom stereocenters. The zero-order valence-corrected chi connectivity index (χ0v) is 18.0. The van der Waals surface area contributed by atoms with Crippen molar-refractivity contribution in [1.82, 2.24) is 24.6 Å². The molecule has 0 aliphatic carbocycles. The molecule has 0 saturated heterocycles. The Morgan fingerprint density at radius 1 is 1.30 bits per heavy atom. The van der Waals surface area contributed by atoms with Crippen LogP contribution in [0.2, 0.25) is 0 Å². The first-order valence-corrected chi connectivity index (χ1v) is 11.3. The van der Waals surface area contributed by atoms with Crippen molar-refractivity contribution < 1.29 is 9.21 Å². The zero-order valence-electron chi connectivity index (χ0n) is 16.3. The average Bonchev–Trinajstić information content (AvgIpc) is 3.52. The van der Waals surface area contributed by atoms with E-state index in [0.717, 1.165) is 27.7 Å². The normalized spacial score (nSPS) is 16.4. The molecule has 5 heterocycles. The predicted octanol–water partition coefficient (Wildman–Crippen LogP) is 3.87. The number of hydrogen-bond acceptors (Lipinski definition) is 8. The molecule has 0 aromatic carbocycles. The van der Waals surface area contributed by atoms with E-state index >= 15 is 0 Å². The molecule has 152 valence electrons. The summed E-state index contributed by atoms with van der Waals surface area (Å²) in [7, 11) is 0. The fourth-order valence-corrected chi connectivity index (χ4v) is 5.08. The van der Waals surface area contributed by atoms with Crippen molar-refractivity contribution in [2.24, 2.45) is 5.10 Å². The minimum absolute atomic E-state index is 0.109. The first-order valence-electron chi connectivity index (χ1n) is 9.39.